The molecule has 2 atom stereocenters. The Labute approximate surface area is 183 Å². The fraction of sp³-hybridized carbons (Fsp3) is 0.417. The second kappa shape index (κ2) is 10.3. The van der Waals surface area contributed by atoms with Crippen LogP contribution >= 0.6 is 0 Å². The van der Waals surface area contributed by atoms with Crippen molar-refractivity contribution < 1.29 is 14.3 Å². The zero-order chi connectivity index (χ0) is 22.4. The number of carbonyl (C=O) groups is 2. The number of nitrogens with two attached hydrogens (primary N) is 1. The van der Waals surface area contributed by atoms with Crippen molar-refractivity contribution in [3.8, 4) is 5.75 Å². The SMILES string of the molecule is COc1cccc([C@@H](C)N[C@@H](C)C(=O)Nc2ccc(N3CCC(C(N)=O)CC3)cc2)c1. The molecule has 0 unspecified atom stereocenters. The molecule has 1 heterocycles. The van der Waals surface area contributed by atoms with Crippen molar-refractivity contribution in [1.82, 2.24) is 5.32 Å². The van der Waals surface area contributed by atoms with E-state index in [1.54, 1.807) is 7.11 Å². The van der Waals surface area contributed by atoms with Crippen molar-refractivity contribution in [3.63, 3.8) is 0 Å². The molecule has 2 aromatic carbocycles. The summed E-state index contributed by atoms with van der Waals surface area (Å²) >= 11 is 0. The third-order valence-corrected chi connectivity index (χ3v) is 5.88. The number of amides is 2. The van der Waals surface area contributed by atoms with Crippen LogP contribution in [0, 0.1) is 5.92 Å². The van der Waals surface area contributed by atoms with Gasteiger partial charge in [0.15, 0.2) is 0 Å². The highest BCUT2D eigenvalue weighted by atomic mass is 16.5. The van der Waals surface area contributed by atoms with Crippen LogP contribution in [0.15, 0.2) is 48.5 Å². The van der Waals surface area contributed by atoms with Crippen LogP contribution in [-0.2, 0) is 9.59 Å². The summed E-state index contributed by atoms with van der Waals surface area (Å²) in [5, 5.41) is 6.30. The van der Waals surface area contributed by atoms with Gasteiger partial charge in [0.25, 0.3) is 0 Å². The van der Waals surface area contributed by atoms with Crippen LogP contribution < -0.4 is 26.0 Å². The van der Waals surface area contributed by atoms with Gasteiger partial charge in [-0.25, -0.2) is 0 Å². The van der Waals surface area contributed by atoms with Crippen molar-refractivity contribution in [2.75, 3.05) is 30.4 Å². The lowest BCUT2D eigenvalue weighted by Crippen LogP contribution is -2.39. The molecule has 1 aliphatic rings. The minimum Gasteiger partial charge on any atom is -0.497 e. The average Bonchev–Trinajstić information content (AvgIpc) is 2.79. The van der Waals surface area contributed by atoms with Gasteiger partial charge in [0.05, 0.1) is 13.2 Å². The molecule has 0 radical (unpaired) electrons. The van der Waals surface area contributed by atoms with Crippen LogP contribution in [0.2, 0.25) is 0 Å². The molecular formula is C24H32N4O3. The first-order valence-electron chi connectivity index (χ1n) is 10.7. The van der Waals surface area contributed by atoms with E-state index in [2.05, 4.69) is 15.5 Å². The predicted molar refractivity (Wildman–Crippen MR) is 123 cm³/mol. The lowest BCUT2D eigenvalue weighted by Gasteiger charge is -2.32. The molecule has 7 heteroatoms. The molecule has 0 bridgehead atoms. The number of piperidine rings is 1. The lowest BCUT2D eigenvalue weighted by molar-refractivity contribution is -0.122. The molecule has 2 aromatic rings. The molecule has 0 spiro atoms. The smallest absolute Gasteiger partial charge is 0.241 e. The van der Waals surface area contributed by atoms with E-state index < -0.39 is 0 Å². The number of anilines is 2. The molecule has 4 N–H and O–H groups in total. The maximum atomic E-state index is 12.6. The van der Waals surface area contributed by atoms with Crippen LogP contribution in [0.1, 0.15) is 38.3 Å². The zero-order valence-corrected chi connectivity index (χ0v) is 18.4. The second-order valence-corrected chi connectivity index (χ2v) is 8.09. The first-order chi connectivity index (χ1) is 14.9. The Morgan fingerprint density at radius 2 is 1.77 bits per heavy atom. The minimum atomic E-state index is -0.367. The van der Waals surface area contributed by atoms with E-state index >= 15 is 0 Å². The van der Waals surface area contributed by atoms with Crippen molar-refractivity contribution in [3.05, 3.63) is 54.1 Å². The molecule has 7 nitrogen and oxygen atoms in total. The molecule has 0 aliphatic carbocycles. The molecule has 1 fully saturated rings. The summed E-state index contributed by atoms with van der Waals surface area (Å²) in [6, 6.07) is 15.3. The summed E-state index contributed by atoms with van der Waals surface area (Å²) in [5.74, 6) is 0.469. The van der Waals surface area contributed by atoms with Crippen LogP contribution in [-0.4, -0.2) is 38.1 Å². The number of ether oxygens (including phenoxy) is 1. The third kappa shape index (κ3) is 5.98. The van der Waals surface area contributed by atoms with Gasteiger partial charge in [-0.2, -0.15) is 0 Å². The lowest BCUT2D eigenvalue weighted by atomic mass is 9.96. The highest BCUT2D eigenvalue weighted by Gasteiger charge is 2.23. The normalized spacial score (nSPS) is 16.4. The van der Waals surface area contributed by atoms with Gasteiger partial charge < -0.3 is 20.7 Å². The third-order valence-electron chi connectivity index (χ3n) is 5.88. The Balaban J connectivity index is 1.52. The van der Waals surface area contributed by atoms with Crippen molar-refractivity contribution in [2.24, 2.45) is 11.7 Å². The molecule has 0 aromatic heterocycles. The average molecular weight is 425 g/mol. The summed E-state index contributed by atoms with van der Waals surface area (Å²) in [7, 11) is 1.64. The van der Waals surface area contributed by atoms with E-state index in [1.807, 2.05) is 62.4 Å². The molecule has 2 amide bonds. The van der Waals surface area contributed by atoms with Crippen LogP contribution in [0.4, 0.5) is 11.4 Å². The minimum absolute atomic E-state index is 0.00144. The largest absolute Gasteiger partial charge is 0.497 e. The van der Waals surface area contributed by atoms with Gasteiger partial charge in [0.2, 0.25) is 11.8 Å². The molecule has 0 saturated carbocycles. The van der Waals surface area contributed by atoms with Gasteiger partial charge in [-0.15, -0.1) is 0 Å². The van der Waals surface area contributed by atoms with E-state index in [0.29, 0.717) is 0 Å². The van der Waals surface area contributed by atoms with E-state index in [1.165, 1.54) is 0 Å². The number of carbonyl (C=O) groups excluding carboxylic acids is 2. The number of methoxy groups -OCH3 is 1. The van der Waals surface area contributed by atoms with Crippen LogP contribution in [0.3, 0.4) is 0 Å². The Bertz CT molecular complexity index is 892. The monoisotopic (exact) mass is 424 g/mol. The number of benzene rings is 2. The fourth-order valence-corrected chi connectivity index (χ4v) is 3.89. The van der Waals surface area contributed by atoms with Crippen molar-refractivity contribution in [2.45, 2.75) is 38.8 Å². The number of hydrogen-bond donors (Lipinski definition) is 3. The molecular weight excluding hydrogens is 392 g/mol. The Hall–Kier alpha value is -3.06. The van der Waals surface area contributed by atoms with Gasteiger partial charge in [0, 0.05) is 36.4 Å². The van der Waals surface area contributed by atoms with Crippen LogP contribution in [0.5, 0.6) is 5.75 Å². The first-order valence-corrected chi connectivity index (χ1v) is 10.7. The quantitative estimate of drug-likeness (QED) is 0.605. The highest BCUT2D eigenvalue weighted by molar-refractivity contribution is 5.94. The summed E-state index contributed by atoms with van der Waals surface area (Å²) in [6.07, 6.45) is 1.56. The maximum absolute atomic E-state index is 12.6. The number of nitrogens with zero attached hydrogens (tertiary/aromatic N) is 1. The van der Waals surface area contributed by atoms with Crippen LogP contribution in [0.25, 0.3) is 0 Å². The zero-order valence-electron chi connectivity index (χ0n) is 18.4. The standard InChI is InChI=1S/C24H32N4O3/c1-16(19-5-4-6-22(15-19)31-3)26-17(2)24(30)27-20-7-9-21(10-8-20)28-13-11-18(12-14-28)23(25)29/h4-10,15-18,26H,11-14H2,1-3H3,(H2,25,29)(H,27,30)/t16-,17+/m1/s1. The second-order valence-electron chi connectivity index (χ2n) is 8.09. The summed E-state index contributed by atoms with van der Waals surface area (Å²) in [5.41, 5.74) is 8.30. The molecule has 166 valence electrons. The van der Waals surface area contributed by atoms with E-state index in [4.69, 9.17) is 10.5 Å². The van der Waals surface area contributed by atoms with Crippen molar-refractivity contribution in [1.29, 1.82) is 0 Å². The highest BCUT2D eigenvalue weighted by Crippen LogP contribution is 2.25. The molecule has 1 aliphatic heterocycles. The Kier molecular flexibility index (Phi) is 7.52. The van der Waals surface area contributed by atoms with Gasteiger partial charge >= 0.3 is 0 Å². The van der Waals surface area contributed by atoms with E-state index in [9.17, 15) is 9.59 Å². The number of rotatable bonds is 8. The molecule has 1 saturated heterocycles. The van der Waals surface area contributed by atoms with Gasteiger partial charge in [-0.3, -0.25) is 14.9 Å². The van der Waals surface area contributed by atoms with Gasteiger partial charge in [-0.05, 0) is 68.7 Å². The fourth-order valence-electron chi connectivity index (χ4n) is 3.89. The Morgan fingerprint density at radius 3 is 2.39 bits per heavy atom. The van der Waals surface area contributed by atoms with E-state index in [-0.39, 0.29) is 29.8 Å². The number of primary amides is 1. The summed E-state index contributed by atoms with van der Waals surface area (Å²) in [4.78, 5) is 26.2. The molecule has 31 heavy (non-hydrogen) atoms. The number of hydrogen-bond acceptors (Lipinski definition) is 5. The maximum Gasteiger partial charge on any atom is 0.241 e. The van der Waals surface area contributed by atoms with Crippen molar-refractivity contribution >= 4 is 23.2 Å². The van der Waals surface area contributed by atoms with Gasteiger partial charge in [0.1, 0.15) is 5.75 Å². The molecule has 3 rings (SSSR count). The van der Waals surface area contributed by atoms with Gasteiger partial charge in [-0.1, -0.05) is 12.1 Å². The first kappa shape index (κ1) is 22.6. The topological polar surface area (TPSA) is 96.7 Å². The summed E-state index contributed by atoms with van der Waals surface area (Å²) < 4.78 is 5.27. The Morgan fingerprint density at radius 1 is 1.10 bits per heavy atom. The number of nitrogens with one attached hydrogen (secondary N) is 2. The predicted octanol–water partition coefficient (Wildman–Crippen LogP) is 3.07. The van der Waals surface area contributed by atoms with E-state index in [0.717, 1.165) is 48.6 Å². The summed E-state index contributed by atoms with van der Waals surface area (Å²) in [6.45, 7) is 5.49.